The first-order valence-electron chi connectivity index (χ1n) is 6.24. The van der Waals surface area contributed by atoms with Crippen molar-refractivity contribution in [2.45, 2.75) is 32.4 Å². The van der Waals surface area contributed by atoms with E-state index in [-0.39, 0.29) is 17.9 Å². The molecule has 1 fully saturated rings. The number of amides is 1. The van der Waals surface area contributed by atoms with Crippen LogP contribution in [0.4, 0.5) is 0 Å². The number of carbonyl (C=O) groups is 2. The van der Waals surface area contributed by atoms with Gasteiger partial charge < -0.3 is 14.8 Å². The maximum absolute atomic E-state index is 11.5. The van der Waals surface area contributed by atoms with Crippen molar-refractivity contribution in [1.29, 1.82) is 0 Å². The van der Waals surface area contributed by atoms with Crippen molar-refractivity contribution >= 4 is 11.9 Å². The van der Waals surface area contributed by atoms with E-state index in [1.54, 1.807) is 0 Å². The molecule has 18 heavy (non-hydrogen) atoms. The summed E-state index contributed by atoms with van der Waals surface area (Å²) in [5.41, 5.74) is 0. The van der Waals surface area contributed by atoms with E-state index in [1.807, 2.05) is 18.7 Å². The second-order valence-electron chi connectivity index (χ2n) is 4.66. The van der Waals surface area contributed by atoms with Crippen LogP contribution in [0.5, 0.6) is 0 Å². The lowest BCUT2D eigenvalue weighted by atomic mass is 10.2. The third-order valence-corrected chi connectivity index (χ3v) is 2.72. The van der Waals surface area contributed by atoms with Crippen molar-refractivity contribution in [2.24, 2.45) is 0 Å². The zero-order valence-corrected chi connectivity index (χ0v) is 11.3. The lowest BCUT2D eigenvalue weighted by Gasteiger charge is -2.31. The van der Waals surface area contributed by atoms with E-state index in [4.69, 9.17) is 4.74 Å². The van der Waals surface area contributed by atoms with Gasteiger partial charge in [0.15, 0.2) is 6.10 Å². The molecule has 1 aliphatic rings. The second-order valence-corrected chi connectivity index (χ2v) is 4.66. The van der Waals surface area contributed by atoms with Crippen LogP contribution in [0.15, 0.2) is 0 Å². The van der Waals surface area contributed by atoms with Gasteiger partial charge in [0.1, 0.15) is 0 Å². The van der Waals surface area contributed by atoms with E-state index in [1.165, 1.54) is 7.11 Å². The summed E-state index contributed by atoms with van der Waals surface area (Å²) in [7, 11) is 1.35. The van der Waals surface area contributed by atoms with Gasteiger partial charge in [0.05, 0.1) is 13.7 Å². The Hall–Kier alpha value is -1.14. The summed E-state index contributed by atoms with van der Waals surface area (Å²) in [5.74, 6) is -0.322. The Kier molecular flexibility index (Phi) is 6.07. The van der Waals surface area contributed by atoms with Gasteiger partial charge >= 0.3 is 5.97 Å². The molecular weight excluding hydrogens is 236 g/mol. The van der Waals surface area contributed by atoms with Gasteiger partial charge in [-0.3, -0.25) is 9.69 Å². The molecule has 1 unspecified atom stereocenters. The predicted molar refractivity (Wildman–Crippen MR) is 66.1 cm³/mol. The monoisotopic (exact) mass is 258 g/mol. The highest BCUT2D eigenvalue weighted by Crippen LogP contribution is 2.07. The minimum Gasteiger partial charge on any atom is -0.467 e. The molecule has 6 nitrogen and oxygen atoms in total. The average molecular weight is 258 g/mol. The van der Waals surface area contributed by atoms with Crippen LogP contribution in [-0.2, 0) is 19.1 Å². The van der Waals surface area contributed by atoms with E-state index >= 15 is 0 Å². The Balaban J connectivity index is 2.30. The molecule has 0 aromatic carbocycles. The van der Waals surface area contributed by atoms with E-state index in [0.29, 0.717) is 26.1 Å². The molecule has 1 rings (SSSR count). The van der Waals surface area contributed by atoms with Crippen LogP contribution in [0.1, 0.15) is 20.3 Å². The third kappa shape index (κ3) is 5.01. The number of nitrogens with zero attached hydrogens (tertiary/aromatic N) is 1. The minimum absolute atomic E-state index is 0.0334. The number of morpholine rings is 1. The van der Waals surface area contributed by atoms with Gasteiger partial charge in [-0.1, -0.05) is 0 Å². The van der Waals surface area contributed by atoms with Crippen molar-refractivity contribution < 1.29 is 19.1 Å². The molecule has 6 heteroatoms. The molecule has 0 aromatic heterocycles. The van der Waals surface area contributed by atoms with Gasteiger partial charge in [0.2, 0.25) is 5.91 Å². The van der Waals surface area contributed by atoms with Crippen LogP contribution in [0.3, 0.4) is 0 Å². The van der Waals surface area contributed by atoms with E-state index in [0.717, 1.165) is 6.54 Å². The number of hydrogen-bond acceptors (Lipinski definition) is 5. The molecule has 104 valence electrons. The lowest BCUT2D eigenvalue weighted by molar-refractivity contribution is -0.159. The molecule has 1 amide bonds. The maximum atomic E-state index is 11.5. The smallest absolute Gasteiger partial charge is 0.336 e. The first-order chi connectivity index (χ1) is 8.52. The van der Waals surface area contributed by atoms with Crippen molar-refractivity contribution in [3.05, 3.63) is 0 Å². The number of ether oxygens (including phenoxy) is 2. The van der Waals surface area contributed by atoms with Crippen LogP contribution in [0.2, 0.25) is 0 Å². The second kappa shape index (κ2) is 7.33. The fourth-order valence-electron chi connectivity index (χ4n) is 1.83. The van der Waals surface area contributed by atoms with Crippen molar-refractivity contribution in [3.63, 3.8) is 0 Å². The quantitative estimate of drug-likeness (QED) is 0.690. The minimum atomic E-state index is -0.531. The van der Waals surface area contributed by atoms with Crippen molar-refractivity contribution in [2.75, 3.05) is 33.4 Å². The first-order valence-corrected chi connectivity index (χ1v) is 6.24. The molecule has 1 atom stereocenters. The zero-order chi connectivity index (χ0) is 13.5. The van der Waals surface area contributed by atoms with Gasteiger partial charge in [-0.2, -0.15) is 0 Å². The maximum Gasteiger partial charge on any atom is 0.336 e. The molecule has 0 bridgehead atoms. The number of nitrogens with one attached hydrogen (secondary N) is 1. The lowest BCUT2D eigenvalue weighted by Crippen LogP contribution is -2.47. The summed E-state index contributed by atoms with van der Waals surface area (Å²) in [6.45, 7) is 6.21. The first kappa shape index (κ1) is 14.9. The number of methoxy groups -OCH3 is 1. The molecule has 0 spiro atoms. The molecule has 1 aliphatic heterocycles. The van der Waals surface area contributed by atoms with Crippen molar-refractivity contribution in [3.8, 4) is 0 Å². The van der Waals surface area contributed by atoms with E-state index in [9.17, 15) is 9.59 Å². The van der Waals surface area contributed by atoms with E-state index < -0.39 is 6.10 Å². The van der Waals surface area contributed by atoms with Crippen LogP contribution in [0.25, 0.3) is 0 Å². The number of rotatable bonds is 5. The zero-order valence-electron chi connectivity index (χ0n) is 11.3. The Labute approximate surface area is 108 Å². The van der Waals surface area contributed by atoms with Crippen molar-refractivity contribution in [1.82, 2.24) is 10.2 Å². The Morgan fingerprint density at radius 3 is 2.83 bits per heavy atom. The Bertz CT molecular complexity index is 294. The average Bonchev–Trinajstić information content (AvgIpc) is 2.35. The summed E-state index contributed by atoms with van der Waals surface area (Å²) in [6.07, 6.45) is -0.0941. The fourth-order valence-corrected chi connectivity index (χ4v) is 1.83. The van der Waals surface area contributed by atoms with Gasteiger partial charge in [-0.05, 0) is 13.8 Å². The van der Waals surface area contributed by atoms with Crippen LogP contribution < -0.4 is 5.32 Å². The van der Waals surface area contributed by atoms with Gasteiger partial charge in [0, 0.05) is 32.1 Å². The highest BCUT2D eigenvalue weighted by molar-refractivity contribution is 5.76. The summed E-state index contributed by atoms with van der Waals surface area (Å²) < 4.78 is 9.96. The van der Waals surface area contributed by atoms with Crippen LogP contribution in [-0.4, -0.2) is 62.3 Å². The third-order valence-electron chi connectivity index (χ3n) is 2.72. The number of hydrogen-bond donors (Lipinski definition) is 1. The Morgan fingerprint density at radius 2 is 2.22 bits per heavy atom. The summed E-state index contributed by atoms with van der Waals surface area (Å²) in [6, 6.07) is 0.157. The number of esters is 1. The summed E-state index contributed by atoms with van der Waals surface area (Å²) >= 11 is 0. The SMILES string of the molecule is COC(=O)C1CN(CCC(=O)NC(C)C)CCO1. The summed E-state index contributed by atoms with van der Waals surface area (Å²) in [4.78, 5) is 24.9. The molecular formula is C12H22N2O4. The fraction of sp³-hybridized carbons (Fsp3) is 0.833. The molecule has 1 saturated heterocycles. The molecule has 1 heterocycles. The molecule has 0 aliphatic carbocycles. The molecule has 0 aromatic rings. The standard InChI is InChI=1S/C12H22N2O4/c1-9(2)13-11(15)4-5-14-6-7-18-10(8-14)12(16)17-3/h9-10H,4-8H2,1-3H3,(H,13,15). The van der Waals surface area contributed by atoms with Crippen LogP contribution >= 0.6 is 0 Å². The predicted octanol–water partition coefficient (Wildman–Crippen LogP) is -0.225. The highest BCUT2D eigenvalue weighted by atomic mass is 16.6. The Morgan fingerprint density at radius 1 is 1.50 bits per heavy atom. The largest absolute Gasteiger partial charge is 0.467 e. The number of carbonyl (C=O) groups excluding carboxylic acids is 2. The molecule has 0 radical (unpaired) electrons. The summed E-state index contributed by atoms with van der Waals surface area (Å²) in [5, 5.41) is 2.84. The normalized spacial score (nSPS) is 20.8. The van der Waals surface area contributed by atoms with Crippen LogP contribution in [0, 0.1) is 0 Å². The van der Waals surface area contributed by atoms with E-state index in [2.05, 4.69) is 10.1 Å². The van der Waals surface area contributed by atoms with Gasteiger partial charge in [-0.25, -0.2) is 4.79 Å². The van der Waals surface area contributed by atoms with Gasteiger partial charge in [-0.15, -0.1) is 0 Å². The molecule has 1 N–H and O–H groups in total. The molecule has 0 saturated carbocycles. The topological polar surface area (TPSA) is 67.9 Å². The van der Waals surface area contributed by atoms with Gasteiger partial charge in [0.25, 0.3) is 0 Å². The highest BCUT2D eigenvalue weighted by Gasteiger charge is 2.27.